The van der Waals surface area contributed by atoms with Crippen LogP contribution in [0, 0.1) is 0 Å². The highest BCUT2D eigenvalue weighted by atomic mass is 16.3. The first-order valence-corrected chi connectivity index (χ1v) is 5.57. The number of benzene rings is 1. The van der Waals surface area contributed by atoms with Crippen LogP contribution in [0.4, 0.5) is 11.6 Å². The molecule has 0 saturated heterocycles. The van der Waals surface area contributed by atoms with E-state index in [1.165, 1.54) is 12.1 Å². The maximum absolute atomic E-state index is 12.2. The van der Waals surface area contributed by atoms with Crippen molar-refractivity contribution in [2.24, 2.45) is 0 Å². The van der Waals surface area contributed by atoms with E-state index in [1.54, 1.807) is 12.1 Å². The van der Waals surface area contributed by atoms with Gasteiger partial charge >= 0.3 is 0 Å². The van der Waals surface area contributed by atoms with E-state index in [2.05, 4.69) is 9.97 Å². The number of amides is 2. The van der Waals surface area contributed by atoms with E-state index in [0.29, 0.717) is 4.90 Å². The zero-order valence-corrected chi connectivity index (χ0v) is 9.95. The summed E-state index contributed by atoms with van der Waals surface area (Å²) in [6.07, 6.45) is 0. The molecule has 0 radical (unpaired) electrons. The van der Waals surface area contributed by atoms with Crippen molar-refractivity contribution in [1.29, 1.82) is 0 Å². The number of nitrogens with zero attached hydrogens (tertiary/aromatic N) is 2. The first-order chi connectivity index (χ1) is 9.50. The van der Waals surface area contributed by atoms with Gasteiger partial charge in [0.05, 0.1) is 11.1 Å². The molecule has 1 aromatic carbocycles. The van der Waals surface area contributed by atoms with Crippen LogP contribution in [-0.2, 0) is 0 Å². The van der Waals surface area contributed by atoms with Gasteiger partial charge in [-0.2, -0.15) is 4.98 Å². The van der Waals surface area contributed by atoms with Gasteiger partial charge < -0.3 is 10.8 Å². The third-order valence-electron chi connectivity index (χ3n) is 2.91. The fourth-order valence-corrected chi connectivity index (χ4v) is 2.07. The Balaban J connectivity index is 2.22. The Kier molecular flexibility index (Phi) is 2.33. The minimum absolute atomic E-state index is 0.160. The predicted octanol–water partition coefficient (Wildman–Crippen LogP) is -0.142. The molecule has 0 saturated carbocycles. The molecular formula is C12H8N4O4. The van der Waals surface area contributed by atoms with Crippen molar-refractivity contribution in [3.63, 3.8) is 0 Å². The number of fused-ring (bicyclic) bond motifs is 1. The lowest BCUT2D eigenvalue weighted by atomic mass is 10.1. The van der Waals surface area contributed by atoms with Crippen LogP contribution in [0.2, 0.25) is 0 Å². The quantitative estimate of drug-likeness (QED) is 0.619. The maximum Gasteiger partial charge on any atom is 0.280 e. The molecule has 0 bridgehead atoms. The third kappa shape index (κ3) is 1.48. The highest BCUT2D eigenvalue weighted by Gasteiger charge is 2.39. The van der Waals surface area contributed by atoms with Crippen LogP contribution in [0.5, 0.6) is 5.88 Å². The fourth-order valence-electron chi connectivity index (χ4n) is 2.07. The van der Waals surface area contributed by atoms with Crippen molar-refractivity contribution >= 4 is 23.5 Å². The molecule has 0 spiro atoms. The van der Waals surface area contributed by atoms with E-state index in [-0.39, 0.29) is 17.1 Å². The Hall–Kier alpha value is -3.16. The second kappa shape index (κ2) is 3.92. The number of rotatable bonds is 1. The SMILES string of the molecule is Nc1nc(O)c(N2C(=O)c3ccccc3C2=O)c(=O)[nH]1. The standard InChI is InChI=1S/C12H8N4O4/c13-12-14-8(17)7(9(18)15-12)16-10(19)5-3-1-2-4-6(5)11(16)20/h1-4H,(H4,13,14,15,17,18). The number of carbonyl (C=O) groups is 2. The average molecular weight is 272 g/mol. The largest absolute Gasteiger partial charge is 0.492 e. The molecular weight excluding hydrogens is 264 g/mol. The van der Waals surface area contributed by atoms with Gasteiger partial charge in [0.15, 0.2) is 5.69 Å². The number of nitrogens with two attached hydrogens (primary N) is 1. The number of hydrogen-bond acceptors (Lipinski definition) is 6. The average Bonchev–Trinajstić information content (AvgIpc) is 2.64. The molecule has 3 rings (SSSR count). The first kappa shape index (κ1) is 11.9. The number of nitrogens with one attached hydrogen (secondary N) is 1. The monoisotopic (exact) mass is 272 g/mol. The Morgan fingerprint density at radius 3 is 2.15 bits per heavy atom. The molecule has 2 amide bonds. The van der Waals surface area contributed by atoms with E-state index in [9.17, 15) is 19.5 Å². The number of nitrogen functional groups attached to an aromatic ring is 1. The van der Waals surface area contributed by atoms with E-state index in [1.807, 2.05) is 0 Å². The van der Waals surface area contributed by atoms with Crippen molar-refractivity contribution in [3.8, 4) is 5.88 Å². The Bertz CT molecular complexity index is 776. The predicted molar refractivity (Wildman–Crippen MR) is 68.5 cm³/mol. The number of imide groups is 1. The molecule has 2 heterocycles. The van der Waals surface area contributed by atoms with Crippen LogP contribution >= 0.6 is 0 Å². The third-order valence-corrected chi connectivity index (χ3v) is 2.91. The summed E-state index contributed by atoms with van der Waals surface area (Å²) in [7, 11) is 0. The van der Waals surface area contributed by atoms with Gasteiger partial charge in [-0.3, -0.25) is 19.4 Å². The summed E-state index contributed by atoms with van der Waals surface area (Å²) in [5, 5.41) is 9.69. The van der Waals surface area contributed by atoms with Crippen LogP contribution in [0.1, 0.15) is 20.7 Å². The molecule has 4 N–H and O–H groups in total. The lowest BCUT2D eigenvalue weighted by Crippen LogP contribution is -2.34. The molecule has 0 fully saturated rings. The van der Waals surface area contributed by atoms with Gasteiger partial charge in [-0.1, -0.05) is 12.1 Å². The topological polar surface area (TPSA) is 129 Å². The van der Waals surface area contributed by atoms with Crippen LogP contribution in [0.3, 0.4) is 0 Å². The lowest BCUT2D eigenvalue weighted by Gasteiger charge is -2.13. The van der Waals surface area contributed by atoms with Crippen LogP contribution in [-0.4, -0.2) is 26.9 Å². The van der Waals surface area contributed by atoms with Gasteiger partial charge in [0.25, 0.3) is 17.4 Å². The van der Waals surface area contributed by atoms with E-state index in [4.69, 9.17) is 5.73 Å². The van der Waals surface area contributed by atoms with E-state index >= 15 is 0 Å². The van der Waals surface area contributed by atoms with Crippen molar-refractivity contribution in [2.45, 2.75) is 0 Å². The maximum atomic E-state index is 12.2. The number of anilines is 2. The molecule has 0 atom stereocenters. The summed E-state index contributed by atoms with van der Waals surface area (Å²) >= 11 is 0. The number of hydrogen-bond donors (Lipinski definition) is 3. The van der Waals surface area contributed by atoms with Crippen molar-refractivity contribution < 1.29 is 14.7 Å². The normalized spacial score (nSPS) is 13.7. The highest BCUT2D eigenvalue weighted by Crippen LogP contribution is 2.30. The number of H-pyrrole nitrogens is 1. The Labute approximate surface area is 111 Å². The smallest absolute Gasteiger partial charge is 0.280 e. The summed E-state index contributed by atoms with van der Waals surface area (Å²) in [5.41, 5.74) is 4.18. The molecule has 20 heavy (non-hydrogen) atoms. The molecule has 2 aromatic rings. The van der Waals surface area contributed by atoms with E-state index in [0.717, 1.165) is 0 Å². The van der Waals surface area contributed by atoms with Gasteiger partial charge in [-0.25, -0.2) is 4.90 Å². The molecule has 8 nitrogen and oxygen atoms in total. The van der Waals surface area contributed by atoms with Gasteiger partial charge in [-0.05, 0) is 12.1 Å². The van der Waals surface area contributed by atoms with Gasteiger partial charge in [0.1, 0.15) is 0 Å². The van der Waals surface area contributed by atoms with Gasteiger partial charge in [-0.15, -0.1) is 0 Å². The molecule has 0 aliphatic carbocycles. The van der Waals surface area contributed by atoms with Crippen molar-refractivity contribution in [2.75, 3.05) is 10.6 Å². The van der Waals surface area contributed by atoms with Crippen LogP contribution in [0.25, 0.3) is 0 Å². The lowest BCUT2D eigenvalue weighted by molar-refractivity contribution is 0.0924. The minimum atomic E-state index is -0.871. The number of carbonyl (C=O) groups excluding carboxylic acids is 2. The second-order valence-electron chi connectivity index (χ2n) is 4.11. The molecule has 1 aromatic heterocycles. The summed E-state index contributed by atoms with van der Waals surface area (Å²) in [5.74, 6) is -2.48. The van der Waals surface area contributed by atoms with Crippen molar-refractivity contribution in [1.82, 2.24) is 9.97 Å². The first-order valence-electron chi connectivity index (χ1n) is 5.57. The molecule has 1 aliphatic heterocycles. The fraction of sp³-hybridized carbons (Fsp3) is 0. The highest BCUT2D eigenvalue weighted by molar-refractivity contribution is 6.34. The van der Waals surface area contributed by atoms with Crippen molar-refractivity contribution in [3.05, 3.63) is 45.7 Å². The van der Waals surface area contributed by atoms with E-state index < -0.39 is 28.9 Å². The molecule has 100 valence electrons. The van der Waals surface area contributed by atoms with Gasteiger partial charge in [0.2, 0.25) is 11.8 Å². The Morgan fingerprint density at radius 1 is 1.10 bits per heavy atom. The number of aromatic hydroxyl groups is 1. The Morgan fingerprint density at radius 2 is 1.65 bits per heavy atom. The summed E-state index contributed by atoms with van der Waals surface area (Å²) in [6, 6.07) is 6.12. The molecule has 8 heteroatoms. The molecule has 0 unspecified atom stereocenters. The number of aromatic nitrogens is 2. The van der Waals surface area contributed by atoms with Crippen LogP contribution < -0.4 is 16.2 Å². The van der Waals surface area contributed by atoms with Crippen LogP contribution in [0.15, 0.2) is 29.1 Å². The minimum Gasteiger partial charge on any atom is -0.492 e. The summed E-state index contributed by atoms with van der Waals surface area (Å²) in [4.78, 5) is 42.3. The summed E-state index contributed by atoms with van der Waals surface area (Å²) in [6.45, 7) is 0. The summed E-state index contributed by atoms with van der Waals surface area (Å²) < 4.78 is 0. The zero-order valence-electron chi connectivity index (χ0n) is 9.95. The van der Waals surface area contributed by atoms with Gasteiger partial charge in [0, 0.05) is 0 Å². The zero-order chi connectivity index (χ0) is 14.4. The second-order valence-corrected chi connectivity index (χ2v) is 4.11. The molecule has 1 aliphatic rings. The number of aromatic amines is 1.